The Morgan fingerprint density at radius 2 is 1.47 bits per heavy atom. The lowest BCUT2D eigenvalue weighted by Crippen LogP contribution is -2.51. The number of cyclic esters (lactones) is 1. The maximum absolute atomic E-state index is 14.0. The molecule has 2 saturated heterocycles. The number of nitrogens with two attached hydrogens (primary N) is 1. The van der Waals surface area contributed by atoms with E-state index in [1.165, 1.54) is 43.7 Å². The first-order valence-corrected chi connectivity index (χ1v) is 30.1. The molecule has 0 radical (unpaired) electrons. The second kappa shape index (κ2) is 36.6. The van der Waals surface area contributed by atoms with E-state index in [-0.39, 0.29) is 31.5 Å². The van der Waals surface area contributed by atoms with Crippen LogP contribution in [0.15, 0.2) is 53.5 Å². The van der Waals surface area contributed by atoms with Gasteiger partial charge in [0.25, 0.3) is 0 Å². The van der Waals surface area contributed by atoms with Gasteiger partial charge in [-0.25, -0.2) is 13.9 Å². The summed E-state index contributed by atoms with van der Waals surface area (Å²) >= 11 is 0. The lowest BCUT2D eigenvalue weighted by atomic mass is 9.83. The largest absolute Gasteiger partial charge is 0.481 e. The van der Waals surface area contributed by atoms with Crippen LogP contribution in [0.2, 0.25) is 0 Å². The summed E-state index contributed by atoms with van der Waals surface area (Å²) in [6, 6.07) is 1.24. The third-order valence-corrected chi connectivity index (χ3v) is 15.7. The van der Waals surface area contributed by atoms with Crippen molar-refractivity contribution >= 4 is 39.2 Å². The summed E-state index contributed by atoms with van der Waals surface area (Å²) in [5.41, 5.74) is 4.78. The Hall–Kier alpha value is -3.43. The zero-order valence-corrected chi connectivity index (χ0v) is 45.9. The van der Waals surface area contributed by atoms with Gasteiger partial charge in [-0.05, 0) is 63.9 Å². The average molecular weight is 1100 g/mol. The fourth-order valence-electron chi connectivity index (χ4n) is 8.78. The number of anilines is 1. The molecule has 21 nitrogen and oxygen atoms in total. The van der Waals surface area contributed by atoms with Crippen LogP contribution < -0.4 is 11.4 Å². The van der Waals surface area contributed by atoms with Gasteiger partial charge in [-0.3, -0.25) is 28.0 Å². The zero-order chi connectivity index (χ0) is 55.1. The second-order valence-electron chi connectivity index (χ2n) is 19.5. The molecule has 0 amide bonds. The minimum atomic E-state index is -5.71. The fraction of sp³-hybridized carbons (Fsp3) is 0.750. The van der Waals surface area contributed by atoms with Crippen molar-refractivity contribution in [1.82, 2.24) is 9.55 Å². The maximum atomic E-state index is 14.0. The van der Waals surface area contributed by atoms with Gasteiger partial charge in [0, 0.05) is 31.4 Å². The molecule has 23 heteroatoms. The normalized spacial score (nSPS) is 28.9. The van der Waals surface area contributed by atoms with E-state index in [1.807, 2.05) is 6.92 Å². The van der Waals surface area contributed by atoms with E-state index in [0.717, 1.165) is 75.2 Å². The van der Waals surface area contributed by atoms with Gasteiger partial charge in [-0.2, -0.15) is 9.29 Å². The minimum absolute atomic E-state index is 0.0548. The number of aromatic nitrogens is 2. The highest BCUT2D eigenvalue weighted by atomic mass is 31.3. The topological polar surface area (TPSA) is 323 Å². The van der Waals surface area contributed by atoms with Crippen molar-refractivity contribution in [3.63, 3.8) is 0 Å². The monoisotopic (exact) mass is 1100 g/mol. The number of carbonyl (C=O) groups is 3. The number of hydrogen-bond acceptors (Lipinski definition) is 18. The van der Waals surface area contributed by atoms with E-state index < -0.39 is 120 Å². The SMILES string of the molecule is CCCCC/C=C\C/C=C\CCCCCCCCCC(=O)OC[C@@H]1COP(=O)(O)OP(=O)(O)OC[C@H]2O[C@@H](n3ccc(N)nc3=O)[C@@H](CCCCCCC(=O)O1)[C@@H](O)CC(=O)[C@H](/C=C\[C@@H](O)CCCCC)[C@H](O)[C@@H]2O. The minimum Gasteiger partial charge on any atom is -0.462 e. The number of rotatable bonds is 25. The summed E-state index contributed by atoms with van der Waals surface area (Å²) < 4.78 is 59.0. The number of esters is 2. The summed E-state index contributed by atoms with van der Waals surface area (Å²) in [6.45, 7) is 1.47. The number of aliphatic hydroxyl groups is 4. The Balaban J connectivity index is 1.72. The van der Waals surface area contributed by atoms with Gasteiger partial charge in [0.15, 0.2) is 6.10 Å². The average Bonchev–Trinajstić information content (AvgIpc) is 3.35. The lowest BCUT2D eigenvalue weighted by Gasteiger charge is -2.39. The molecule has 0 spiro atoms. The standard InChI is InChI=1S/C52H87N3O18P2/c1-3-5-7-8-9-10-11-12-13-14-15-16-17-18-19-20-25-29-47(59)68-36-40-37-69-74(64,65)73-75(66,67)70-38-45-50(62)49(61)41(32-31-39(56)27-23-6-4-2)43(57)35-44(58)42(28-24-21-22-26-30-48(60)71-40)51(72-45)55-34-33-46(53)54-52(55)63/h9-10,12-13,31-34,39-42,44-45,49-51,56,58,61-62H,3-8,11,14-30,35-38H2,1-2H3,(H,64,65)(H,66,67)(H2,53,54,63)/b10-9-,13-12-,32-31-/t39-,40+,41-,42-,44-,45+,49-,50+,51+/m0/s1. The molecule has 428 valence electrons. The number of carbonyl (C=O) groups excluding carboxylic acids is 3. The zero-order valence-electron chi connectivity index (χ0n) is 44.1. The van der Waals surface area contributed by atoms with Gasteiger partial charge in [-0.1, -0.05) is 134 Å². The van der Waals surface area contributed by atoms with Crippen LogP contribution in [0.3, 0.4) is 0 Å². The quantitative estimate of drug-likeness (QED) is 0.0210. The molecule has 3 heterocycles. The molecule has 0 aliphatic carbocycles. The fourth-order valence-corrected chi connectivity index (χ4v) is 10.9. The van der Waals surface area contributed by atoms with Gasteiger partial charge in [0.2, 0.25) is 0 Å². The highest BCUT2D eigenvalue weighted by molar-refractivity contribution is 7.61. The first-order chi connectivity index (χ1) is 35.9. The van der Waals surface area contributed by atoms with Crippen LogP contribution in [0.5, 0.6) is 0 Å². The summed E-state index contributed by atoms with van der Waals surface area (Å²) in [5.74, 6) is -5.03. The summed E-state index contributed by atoms with van der Waals surface area (Å²) in [6.07, 6.45) is 17.8. The Kier molecular flexibility index (Phi) is 32.2. The highest BCUT2D eigenvalue weighted by Gasteiger charge is 2.45. The lowest BCUT2D eigenvalue weighted by molar-refractivity contribution is -0.188. The first-order valence-electron chi connectivity index (χ1n) is 27.1. The number of nitrogens with zero attached hydrogens (tertiary/aromatic N) is 2. The van der Waals surface area contributed by atoms with Crippen molar-refractivity contribution in [2.24, 2.45) is 11.8 Å². The number of ether oxygens (including phenoxy) is 3. The summed E-state index contributed by atoms with van der Waals surface area (Å²) in [7, 11) is -11.3. The molecule has 1 aromatic rings. The molecular formula is C52H87N3O18P2. The number of unbranched alkanes of at least 4 members (excludes halogenated alkanes) is 12. The molecule has 2 bridgehead atoms. The third-order valence-electron chi connectivity index (χ3n) is 13.1. The Morgan fingerprint density at radius 3 is 2.15 bits per heavy atom. The van der Waals surface area contributed by atoms with Gasteiger partial charge < -0.3 is 50.2 Å². The van der Waals surface area contributed by atoms with Gasteiger partial charge in [-0.15, -0.1) is 0 Å². The molecule has 75 heavy (non-hydrogen) atoms. The molecule has 1 aromatic heterocycles. The number of fused-ring (bicyclic) bond motifs is 3. The van der Waals surface area contributed by atoms with Crippen molar-refractivity contribution in [1.29, 1.82) is 0 Å². The van der Waals surface area contributed by atoms with Gasteiger partial charge in [0.05, 0.1) is 37.4 Å². The highest BCUT2D eigenvalue weighted by Crippen LogP contribution is 2.60. The number of phosphoric ester groups is 2. The number of hydrogen-bond donors (Lipinski definition) is 7. The van der Waals surface area contributed by atoms with E-state index in [0.29, 0.717) is 38.5 Å². The van der Waals surface area contributed by atoms with Crippen molar-refractivity contribution in [2.45, 2.75) is 217 Å². The van der Waals surface area contributed by atoms with Crippen LogP contribution in [0.25, 0.3) is 0 Å². The van der Waals surface area contributed by atoms with E-state index in [2.05, 4.69) is 40.5 Å². The van der Waals surface area contributed by atoms with E-state index in [4.69, 9.17) is 29.0 Å². The van der Waals surface area contributed by atoms with Crippen molar-refractivity contribution in [3.05, 3.63) is 59.2 Å². The molecule has 2 aliphatic heterocycles. The van der Waals surface area contributed by atoms with Crippen LogP contribution in [0.1, 0.15) is 181 Å². The van der Waals surface area contributed by atoms with Crippen molar-refractivity contribution in [2.75, 3.05) is 25.6 Å². The van der Waals surface area contributed by atoms with Crippen LogP contribution in [-0.4, -0.2) is 114 Å². The van der Waals surface area contributed by atoms with E-state index >= 15 is 0 Å². The number of aliphatic hydroxyl groups excluding tert-OH is 4. The van der Waals surface area contributed by atoms with Crippen LogP contribution >= 0.6 is 15.6 Å². The van der Waals surface area contributed by atoms with Crippen molar-refractivity contribution < 1.29 is 81.3 Å². The first kappa shape index (κ1) is 65.9. The molecule has 2 aliphatic rings. The van der Waals surface area contributed by atoms with Crippen LogP contribution in [-0.2, 0) is 51.1 Å². The smallest absolute Gasteiger partial charge is 0.462 e. The van der Waals surface area contributed by atoms with Gasteiger partial charge in [0.1, 0.15) is 36.6 Å². The molecular weight excluding hydrogens is 1020 g/mol. The Morgan fingerprint density at radius 1 is 0.840 bits per heavy atom. The number of Topliss-reactive ketones (excluding diaryl/α,β-unsaturated/α-hetero) is 1. The Labute approximate surface area is 442 Å². The molecule has 8 N–H and O–H groups in total. The summed E-state index contributed by atoms with van der Waals surface area (Å²) in [4.78, 5) is 78.2. The van der Waals surface area contributed by atoms with Crippen LogP contribution in [0, 0.1) is 11.8 Å². The Bertz CT molecular complexity index is 2070. The molecule has 2 unspecified atom stereocenters. The molecule has 0 saturated carbocycles. The summed E-state index contributed by atoms with van der Waals surface area (Å²) in [5, 5.41) is 45.7. The maximum Gasteiger partial charge on any atom is 0.481 e. The number of allylic oxidation sites excluding steroid dienone is 4. The molecule has 0 aromatic carbocycles. The molecule has 2 fully saturated rings. The van der Waals surface area contributed by atoms with E-state index in [1.54, 1.807) is 0 Å². The third kappa shape index (κ3) is 27.1. The second-order valence-corrected chi connectivity index (χ2v) is 22.6. The molecule has 11 atom stereocenters. The van der Waals surface area contributed by atoms with Crippen molar-refractivity contribution in [3.8, 4) is 0 Å². The van der Waals surface area contributed by atoms with E-state index in [9.17, 15) is 58.5 Å². The number of phosphoric acid groups is 2. The molecule has 3 rings (SSSR count). The predicted molar refractivity (Wildman–Crippen MR) is 281 cm³/mol. The number of ketones is 1. The predicted octanol–water partition coefficient (Wildman–Crippen LogP) is 8.15. The number of nitrogen functional groups attached to an aromatic ring is 1. The van der Waals surface area contributed by atoms with Gasteiger partial charge >= 0.3 is 33.3 Å². The van der Waals surface area contributed by atoms with Crippen LogP contribution in [0.4, 0.5) is 5.82 Å².